The van der Waals surface area contributed by atoms with Gasteiger partial charge in [-0.1, -0.05) is 18.2 Å². The van der Waals surface area contributed by atoms with Crippen LogP contribution in [-0.2, 0) is 11.2 Å². The van der Waals surface area contributed by atoms with Gasteiger partial charge in [0.15, 0.2) is 5.76 Å². The largest absolute Gasteiger partial charge is 0.459 e. The summed E-state index contributed by atoms with van der Waals surface area (Å²) in [6.45, 7) is 3.24. The SMILES string of the molecule is Cc1[nH]c2ccccc2c1CC(=O)NC1CCN(C(=O)c2ccco2)CC1. The number of fused-ring (bicyclic) bond motifs is 1. The molecular formula is C21H23N3O3. The lowest BCUT2D eigenvalue weighted by Gasteiger charge is -2.31. The van der Waals surface area contributed by atoms with Gasteiger partial charge in [-0.05, 0) is 43.5 Å². The van der Waals surface area contributed by atoms with Gasteiger partial charge in [0.05, 0.1) is 12.7 Å². The number of aromatic nitrogens is 1. The molecule has 2 N–H and O–H groups in total. The number of nitrogens with one attached hydrogen (secondary N) is 2. The molecule has 0 bridgehead atoms. The number of carbonyl (C=O) groups excluding carboxylic acids is 2. The lowest BCUT2D eigenvalue weighted by molar-refractivity contribution is -0.121. The third kappa shape index (κ3) is 3.60. The average molecular weight is 365 g/mol. The second-order valence-electron chi connectivity index (χ2n) is 7.06. The van der Waals surface area contributed by atoms with Gasteiger partial charge in [-0.25, -0.2) is 0 Å². The molecule has 0 atom stereocenters. The van der Waals surface area contributed by atoms with Crippen molar-refractivity contribution in [3.8, 4) is 0 Å². The topological polar surface area (TPSA) is 78.3 Å². The van der Waals surface area contributed by atoms with E-state index in [-0.39, 0.29) is 17.9 Å². The van der Waals surface area contributed by atoms with Gasteiger partial charge in [0, 0.05) is 35.7 Å². The van der Waals surface area contributed by atoms with E-state index >= 15 is 0 Å². The maximum Gasteiger partial charge on any atom is 0.289 e. The number of furan rings is 1. The molecule has 1 aromatic carbocycles. The summed E-state index contributed by atoms with van der Waals surface area (Å²) in [5.74, 6) is 0.310. The van der Waals surface area contributed by atoms with Crippen LogP contribution in [0, 0.1) is 6.92 Å². The zero-order valence-electron chi connectivity index (χ0n) is 15.3. The van der Waals surface area contributed by atoms with E-state index in [4.69, 9.17) is 4.42 Å². The summed E-state index contributed by atoms with van der Waals surface area (Å²) in [6, 6.07) is 11.5. The first-order valence-electron chi connectivity index (χ1n) is 9.30. The van der Waals surface area contributed by atoms with Crippen molar-refractivity contribution in [1.82, 2.24) is 15.2 Å². The molecule has 3 heterocycles. The molecule has 3 aromatic rings. The molecule has 0 radical (unpaired) electrons. The van der Waals surface area contributed by atoms with Gasteiger partial charge >= 0.3 is 0 Å². The highest BCUT2D eigenvalue weighted by molar-refractivity contribution is 5.92. The Morgan fingerprint density at radius 3 is 2.70 bits per heavy atom. The monoisotopic (exact) mass is 365 g/mol. The Morgan fingerprint density at radius 1 is 1.19 bits per heavy atom. The molecule has 140 valence electrons. The lowest BCUT2D eigenvalue weighted by atomic mass is 10.0. The van der Waals surface area contributed by atoms with Crippen LogP contribution in [0.1, 0.15) is 34.7 Å². The molecule has 0 spiro atoms. The Labute approximate surface area is 157 Å². The summed E-state index contributed by atoms with van der Waals surface area (Å²) in [5.41, 5.74) is 3.14. The molecule has 4 rings (SSSR count). The van der Waals surface area contributed by atoms with Crippen LogP contribution in [0.2, 0.25) is 0 Å². The third-order valence-corrected chi connectivity index (χ3v) is 5.24. The van der Waals surface area contributed by atoms with Crippen molar-refractivity contribution in [1.29, 1.82) is 0 Å². The lowest BCUT2D eigenvalue weighted by Crippen LogP contribution is -2.46. The van der Waals surface area contributed by atoms with Crippen LogP contribution in [0.3, 0.4) is 0 Å². The number of nitrogens with zero attached hydrogens (tertiary/aromatic N) is 1. The van der Waals surface area contributed by atoms with E-state index in [1.54, 1.807) is 17.0 Å². The van der Waals surface area contributed by atoms with E-state index in [0.29, 0.717) is 25.3 Å². The molecule has 0 saturated carbocycles. The average Bonchev–Trinajstić information content (AvgIpc) is 3.31. The van der Waals surface area contributed by atoms with Crippen LogP contribution in [0.5, 0.6) is 0 Å². The fourth-order valence-electron chi connectivity index (χ4n) is 3.78. The van der Waals surface area contributed by atoms with Crippen molar-refractivity contribution in [2.75, 3.05) is 13.1 Å². The normalized spacial score (nSPS) is 15.2. The van der Waals surface area contributed by atoms with Gasteiger partial charge in [0.2, 0.25) is 5.91 Å². The highest BCUT2D eigenvalue weighted by atomic mass is 16.3. The molecule has 1 fully saturated rings. The Hall–Kier alpha value is -3.02. The summed E-state index contributed by atoms with van der Waals surface area (Å²) in [4.78, 5) is 30.0. The molecule has 1 aliphatic heterocycles. The molecule has 6 nitrogen and oxygen atoms in total. The maximum atomic E-state index is 12.6. The van der Waals surface area contributed by atoms with E-state index in [0.717, 1.165) is 35.0 Å². The van der Waals surface area contributed by atoms with E-state index in [2.05, 4.69) is 10.3 Å². The van der Waals surface area contributed by atoms with E-state index in [1.807, 2.05) is 31.2 Å². The molecule has 27 heavy (non-hydrogen) atoms. The predicted octanol–water partition coefficient (Wildman–Crippen LogP) is 3.03. The fourth-order valence-corrected chi connectivity index (χ4v) is 3.78. The number of rotatable bonds is 4. The first-order valence-corrected chi connectivity index (χ1v) is 9.30. The molecule has 0 aliphatic carbocycles. The number of benzene rings is 1. The number of carbonyl (C=O) groups is 2. The van der Waals surface area contributed by atoms with Crippen molar-refractivity contribution in [3.63, 3.8) is 0 Å². The van der Waals surface area contributed by atoms with Crippen LogP contribution >= 0.6 is 0 Å². The Kier molecular flexibility index (Phi) is 4.71. The number of aryl methyl sites for hydroxylation is 1. The summed E-state index contributed by atoms with van der Waals surface area (Å²) in [6.07, 6.45) is 3.38. The number of hydrogen-bond donors (Lipinski definition) is 2. The van der Waals surface area contributed by atoms with Crippen LogP contribution < -0.4 is 5.32 Å². The molecule has 6 heteroatoms. The second-order valence-corrected chi connectivity index (χ2v) is 7.06. The number of piperidine rings is 1. The standard InChI is InChI=1S/C21H23N3O3/c1-14-17(16-5-2-3-6-18(16)22-14)13-20(25)23-15-8-10-24(11-9-15)21(26)19-7-4-12-27-19/h2-7,12,15,22H,8-11,13H2,1H3,(H,23,25). The minimum Gasteiger partial charge on any atom is -0.459 e. The minimum atomic E-state index is -0.0841. The highest BCUT2D eigenvalue weighted by Crippen LogP contribution is 2.22. The van der Waals surface area contributed by atoms with Crippen molar-refractivity contribution < 1.29 is 14.0 Å². The van der Waals surface area contributed by atoms with E-state index in [9.17, 15) is 9.59 Å². The number of likely N-dealkylation sites (tertiary alicyclic amines) is 1. The molecule has 2 aromatic heterocycles. The first-order chi connectivity index (χ1) is 13.1. The first kappa shape index (κ1) is 17.4. The highest BCUT2D eigenvalue weighted by Gasteiger charge is 2.26. The summed E-state index contributed by atoms with van der Waals surface area (Å²) < 4.78 is 5.18. The Bertz CT molecular complexity index is 950. The second kappa shape index (κ2) is 7.31. The number of hydrogen-bond acceptors (Lipinski definition) is 3. The van der Waals surface area contributed by atoms with Crippen LogP contribution in [0.4, 0.5) is 0 Å². The summed E-state index contributed by atoms with van der Waals surface area (Å²) in [5, 5.41) is 4.23. The fraction of sp³-hybridized carbons (Fsp3) is 0.333. The van der Waals surface area contributed by atoms with E-state index < -0.39 is 0 Å². The quantitative estimate of drug-likeness (QED) is 0.746. The molecule has 2 amide bonds. The molecule has 0 unspecified atom stereocenters. The van der Waals surface area contributed by atoms with E-state index in [1.165, 1.54) is 6.26 Å². The van der Waals surface area contributed by atoms with Gasteiger partial charge in [0.1, 0.15) is 0 Å². The molecular weight excluding hydrogens is 342 g/mol. The number of H-pyrrole nitrogens is 1. The number of aromatic amines is 1. The summed E-state index contributed by atoms with van der Waals surface area (Å²) in [7, 11) is 0. The predicted molar refractivity (Wildman–Crippen MR) is 103 cm³/mol. The van der Waals surface area contributed by atoms with Gasteiger partial charge < -0.3 is 19.6 Å². The van der Waals surface area contributed by atoms with Crippen LogP contribution in [-0.4, -0.2) is 40.8 Å². The van der Waals surface area contributed by atoms with Gasteiger partial charge in [0.25, 0.3) is 5.91 Å². The number of para-hydroxylation sites is 1. The third-order valence-electron chi connectivity index (χ3n) is 5.24. The smallest absolute Gasteiger partial charge is 0.289 e. The Morgan fingerprint density at radius 2 is 1.96 bits per heavy atom. The molecule has 1 aliphatic rings. The maximum absolute atomic E-state index is 12.6. The van der Waals surface area contributed by atoms with Gasteiger partial charge in [-0.2, -0.15) is 0 Å². The zero-order chi connectivity index (χ0) is 18.8. The number of amides is 2. The molecule has 1 saturated heterocycles. The van der Waals surface area contributed by atoms with Gasteiger partial charge in [-0.15, -0.1) is 0 Å². The Balaban J connectivity index is 1.33. The minimum absolute atomic E-state index is 0.0265. The van der Waals surface area contributed by atoms with Crippen LogP contribution in [0.25, 0.3) is 10.9 Å². The van der Waals surface area contributed by atoms with Gasteiger partial charge in [-0.3, -0.25) is 9.59 Å². The van der Waals surface area contributed by atoms with Crippen LogP contribution in [0.15, 0.2) is 47.1 Å². The summed E-state index contributed by atoms with van der Waals surface area (Å²) >= 11 is 0. The van der Waals surface area contributed by atoms with Crippen molar-refractivity contribution >= 4 is 22.7 Å². The zero-order valence-corrected chi connectivity index (χ0v) is 15.3. The van der Waals surface area contributed by atoms with Crippen molar-refractivity contribution in [2.24, 2.45) is 0 Å². The van der Waals surface area contributed by atoms with Crippen molar-refractivity contribution in [2.45, 2.75) is 32.2 Å². The van der Waals surface area contributed by atoms with Crippen molar-refractivity contribution in [3.05, 3.63) is 59.7 Å².